The predicted molar refractivity (Wildman–Crippen MR) is 36.9 cm³/mol. The third kappa shape index (κ3) is 1.30. The van der Waals surface area contributed by atoms with Gasteiger partial charge in [-0.05, 0) is 18.2 Å². The van der Waals surface area contributed by atoms with Crippen molar-refractivity contribution in [3.63, 3.8) is 0 Å². The Balaban J connectivity index is 3.19. The van der Waals surface area contributed by atoms with Crippen LogP contribution in [0.3, 0.4) is 0 Å². The lowest BCUT2D eigenvalue weighted by Crippen LogP contribution is -1.72. The average molecular weight is 158 g/mol. The second-order valence-corrected chi connectivity index (χ2v) is 2.13. The van der Waals surface area contributed by atoms with Crippen molar-refractivity contribution < 1.29 is 4.39 Å². The lowest BCUT2D eigenvalue weighted by atomic mass is 10.3. The molecule has 0 radical (unpaired) electrons. The molecule has 0 aliphatic rings. The number of nitrogens with zero attached hydrogens (tertiary/aromatic N) is 2. The molecule has 4 heteroatoms. The Labute approximate surface area is 62.1 Å². The zero-order chi connectivity index (χ0) is 7.56. The maximum atomic E-state index is 12.5. The molecule has 0 saturated carbocycles. The van der Waals surface area contributed by atoms with Gasteiger partial charge in [-0.25, -0.2) is 4.39 Å². The summed E-state index contributed by atoms with van der Waals surface area (Å²) in [7, 11) is 0. The Hall–Kier alpha value is -0.960. The second kappa shape index (κ2) is 2.75. The van der Waals surface area contributed by atoms with Crippen LogP contribution in [0.25, 0.3) is 5.53 Å². The quantitative estimate of drug-likeness (QED) is 0.562. The van der Waals surface area contributed by atoms with E-state index in [0.29, 0.717) is 0 Å². The molecule has 0 aliphatic heterocycles. The Morgan fingerprint density at radius 2 is 2.20 bits per heavy atom. The fraction of sp³-hybridized carbons (Fsp3) is 0. The SMILES string of the molecule is [N-]=Nc1ccc(Cl)cc1F. The van der Waals surface area contributed by atoms with Crippen molar-refractivity contribution in [2.45, 2.75) is 0 Å². The summed E-state index contributed by atoms with van der Waals surface area (Å²) in [6.45, 7) is 0. The minimum absolute atomic E-state index is 0.107. The van der Waals surface area contributed by atoms with E-state index in [0.717, 1.165) is 6.07 Å². The van der Waals surface area contributed by atoms with Crippen LogP contribution in [0.4, 0.5) is 10.1 Å². The molecule has 0 bridgehead atoms. The Kier molecular flexibility index (Phi) is 1.97. The Bertz CT molecular complexity index is 262. The van der Waals surface area contributed by atoms with E-state index >= 15 is 0 Å². The average Bonchev–Trinajstić information content (AvgIpc) is 1.88. The summed E-state index contributed by atoms with van der Waals surface area (Å²) in [4.78, 5) is 0. The fourth-order valence-electron chi connectivity index (χ4n) is 0.562. The smallest absolute Gasteiger partial charge is 0.148 e. The van der Waals surface area contributed by atoms with Crippen molar-refractivity contribution in [2.75, 3.05) is 0 Å². The van der Waals surface area contributed by atoms with Gasteiger partial charge in [0.25, 0.3) is 0 Å². The van der Waals surface area contributed by atoms with Crippen molar-refractivity contribution in [2.24, 2.45) is 5.11 Å². The first-order valence-corrected chi connectivity index (χ1v) is 2.92. The van der Waals surface area contributed by atoms with Gasteiger partial charge in [0.05, 0.1) is 5.69 Å². The molecule has 0 heterocycles. The summed E-state index contributed by atoms with van der Waals surface area (Å²) >= 11 is 5.41. The molecule has 0 aliphatic carbocycles. The van der Waals surface area contributed by atoms with E-state index in [-0.39, 0.29) is 10.7 Å². The molecule has 1 aromatic rings. The zero-order valence-corrected chi connectivity index (χ0v) is 5.64. The fourth-order valence-corrected chi connectivity index (χ4v) is 0.721. The number of benzene rings is 1. The molecule has 0 spiro atoms. The van der Waals surface area contributed by atoms with Crippen LogP contribution in [0.1, 0.15) is 0 Å². The van der Waals surface area contributed by atoms with Crippen LogP contribution in [0.2, 0.25) is 5.02 Å². The highest BCUT2D eigenvalue weighted by molar-refractivity contribution is 6.30. The number of hydrogen-bond acceptors (Lipinski definition) is 1. The van der Waals surface area contributed by atoms with Gasteiger partial charge in [0.1, 0.15) is 5.82 Å². The highest BCUT2D eigenvalue weighted by Gasteiger charge is 1.96. The van der Waals surface area contributed by atoms with Crippen molar-refractivity contribution in [3.8, 4) is 0 Å². The summed E-state index contributed by atoms with van der Waals surface area (Å²) in [5.41, 5.74) is 8.04. The molecule has 1 aromatic carbocycles. The number of rotatable bonds is 1. The first-order valence-electron chi connectivity index (χ1n) is 2.54. The van der Waals surface area contributed by atoms with Gasteiger partial charge in [-0.3, -0.25) is 0 Å². The van der Waals surface area contributed by atoms with Crippen LogP contribution < -0.4 is 0 Å². The third-order valence-corrected chi connectivity index (χ3v) is 1.25. The molecular weight excluding hydrogens is 155 g/mol. The zero-order valence-electron chi connectivity index (χ0n) is 4.88. The maximum Gasteiger partial charge on any atom is 0.148 e. The van der Waals surface area contributed by atoms with E-state index in [1.54, 1.807) is 0 Å². The Morgan fingerprint density at radius 3 is 2.70 bits per heavy atom. The molecule has 0 atom stereocenters. The largest absolute Gasteiger partial charge is 0.706 e. The van der Waals surface area contributed by atoms with Crippen molar-refractivity contribution >= 4 is 17.3 Å². The molecule has 0 amide bonds. The van der Waals surface area contributed by atoms with E-state index in [2.05, 4.69) is 5.11 Å². The minimum Gasteiger partial charge on any atom is -0.706 e. The minimum atomic E-state index is -0.630. The number of halogens is 2. The van der Waals surface area contributed by atoms with Gasteiger partial charge in [-0.2, -0.15) is 0 Å². The van der Waals surface area contributed by atoms with Gasteiger partial charge in [-0.1, -0.05) is 11.6 Å². The highest BCUT2D eigenvalue weighted by Crippen LogP contribution is 2.20. The van der Waals surface area contributed by atoms with Crippen LogP contribution >= 0.6 is 11.6 Å². The first kappa shape index (κ1) is 7.15. The van der Waals surface area contributed by atoms with Crippen LogP contribution in [-0.2, 0) is 0 Å². The summed E-state index contributed by atoms with van der Waals surface area (Å²) < 4.78 is 12.5. The van der Waals surface area contributed by atoms with Gasteiger partial charge in [0.15, 0.2) is 0 Å². The number of hydrogen-bond donors (Lipinski definition) is 0. The van der Waals surface area contributed by atoms with Crippen molar-refractivity contribution in [3.05, 3.63) is 34.6 Å². The molecule has 0 saturated heterocycles. The van der Waals surface area contributed by atoms with Crippen LogP contribution in [-0.4, -0.2) is 0 Å². The monoisotopic (exact) mass is 157 g/mol. The predicted octanol–water partition coefficient (Wildman–Crippen LogP) is 3.13. The molecule has 2 nitrogen and oxygen atoms in total. The molecule has 0 unspecified atom stereocenters. The highest BCUT2D eigenvalue weighted by atomic mass is 35.5. The van der Waals surface area contributed by atoms with Gasteiger partial charge in [0, 0.05) is 5.02 Å². The third-order valence-electron chi connectivity index (χ3n) is 1.02. The van der Waals surface area contributed by atoms with Gasteiger partial charge < -0.3 is 10.6 Å². The maximum absolute atomic E-state index is 12.5. The van der Waals surface area contributed by atoms with Crippen LogP contribution in [0.5, 0.6) is 0 Å². The van der Waals surface area contributed by atoms with Crippen molar-refractivity contribution in [1.82, 2.24) is 0 Å². The van der Waals surface area contributed by atoms with Gasteiger partial charge in [-0.15, -0.1) is 0 Å². The van der Waals surface area contributed by atoms with Gasteiger partial charge >= 0.3 is 0 Å². The molecule has 52 valence electrons. The molecule has 10 heavy (non-hydrogen) atoms. The molecule has 0 aromatic heterocycles. The summed E-state index contributed by atoms with van der Waals surface area (Å²) in [5, 5.41) is 2.96. The summed E-state index contributed by atoms with van der Waals surface area (Å²) in [5.74, 6) is -0.630. The Morgan fingerprint density at radius 1 is 1.50 bits per heavy atom. The van der Waals surface area contributed by atoms with E-state index in [9.17, 15) is 4.39 Å². The van der Waals surface area contributed by atoms with E-state index in [4.69, 9.17) is 17.1 Å². The molecular formula is C6H3ClFN2-. The molecule has 1 rings (SSSR count). The van der Waals surface area contributed by atoms with Crippen molar-refractivity contribution in [1.29, 1.82) is 0 Å². The lowest BCUT2D eigenvalue weighted by molar-refractivity contribution is 0.630. The molecule has 0 N–H and O–H groups in total. The molecule has 0 fully saturated rings. The van der Waals surface area contributed by atoms with Crippen LogP contribution in [0, 0.1) is 5.82 Å². The van der Waals surface area contributed by atoms with E-state index < -0.39 is 5.82 Å². The lowest BCUT2D eigenvalue weighted by Gasteiger charge is -1.98. The normalized spacial score (nSPS) is 9.40. The van der Waals surface area contributed by atoms with E-state index in [1.807, 2.05) is 0 Å². The topological polar surface area (TPSA) is 34.7 Å². The van der Waals surface area contributed by atoms with Gasteiger partial charge in [0.2, 0.25) is 0 Å². The summed E-state index contributed by atoms with van der Waals surface area (Å²) in [6, 6.07) is 3.81. The van der Waals surface area contributed by atoms with Crippen LogP contribution in [0.15, 0.2) is 23.3 Å². The van der Waals surface area contributed by atoms with E-state index in [1.165, 1.54) is 12.1 Å². The first-order chi connectivity index (χ1) is 4.74. The summed E-state index contributed by atoms with van der Waals surface area (Å²) in [6.07, 6.45) is 0. The second-order valence-electron chi connectivity index (χ2n) is 1.70. The standard InChI is InChI=1S/C6H3ClFN2/c7-4-1-2-6(10-9)5(8)3-4/h1-3H/q-1.